The summed E-state index contributed by atoms with van der Waals surface area (Å²) in [5.41, 5.74) is -0.767. The van der Waals surface area contributed by atoms with Gasteiger partial charge in [0.1, 0.15) is 0 Å². The normalized spacial score (nSPS) is 17.7. The predicted octanol–water partition coefficient (Wildman–Crippen LogP) is 4.62. The van der Waals surface area contributed by atoms with Gasteiger partial charge >= 0.3 is 6.18 Å². The minimum Gasteiger partial charge on any atom is -0.392 e. The third-order valence-corrected chi connectivity index (χ3v) is 4.74. The summed E-state index contributed by atoms with van der Waals surface area (Å²) in [6.07, 6.45) is 1.31. The highest BCUT2D eigenvalue weighted by atomic mass is 32.2. The topological polar surface area (TPSA) is 20.2 Å². The highest BCUT2D eigenvalue weighted by Gasteiger charge is 2.33. The molecule has 0 atom stereocenters. The highest BCUT2D eigenvalue weighted by Crippen LogP contribution is 2.38. The van der Waals surface area contributed by atoms with E-state index in [2.05, 4.69) is 0 Å². The van der Waals surface area contributed by atoms with Crippen LogP contribution in [0, 0.1) is 0 Å². The number of hydrogen-bond donors (Lipinski definition) is 1. The van der Waals surface area contributed by atoms with Crippen LogP contribution in [0.15, 0.2) is 23.1 Å². The fourth-order valence-corrected chi connectivity index (χ4v) is 3.69. The van der Waals surface area contributed by atoms with Crippen LogP contribution in [-0.4, -0.2) is 10.4 Å². The number of thioether (sulfide) groups is 1. The van der Waals surface area contributed by atoms with Crippen molar-refractivity contribution in [2.24, 2.45) is 0 Å². The van der Waals surface area contributed by atoms with Crippen LogP contribution in [-0.2, 0) is 12.8 Å². The molecule has 0 saturated heterocycles. The number of hydrogen-bond acceptors (Lipinski definition) is 2. The van der Waals surface area contributed by atoms with Crippen LogP contribution in [0.2, 0.25) is 0 Å². The van der Waals surface area contributed by atoms with Gasteiger partial charge in [-0.15, -0.1) is 11.8 Å². The maximum Gasteiger partial charge on any atom is 0.416 e. The Balaban J connectivity index is 2.17. The standard InChI is InChI=1S/C14H17F3OS/c15-14(16,17)13-8-12(7-6-10(13)9-18)19-11-4-2-1-3-5-11/h6-8,11,18H,1-5,9H2. The molecule has 0 aliphatic heterocycles. The summed E-state index contributed by atoms with van der Waals surface area (Å²) in [5.74, 6) is 0. The average molecular weight is 290 g/mol. The Morgan fingerprint density at radius 2 is 1.84 bits per heavy atom. The van der Waals surface area contributed by atoms with Crippen LogP contribution in [0.25, 0.3) is 0 Å². The summed E-state index contributed by atoms with van der Waals surface area (Å²) in [6, 6.07) is 4.23. The number of aliphatic hydroxyl groups excluding tert-OH is 1. The zero-order chi connectivity index (χ0) is 13.9. The Kier molecular flexibility index (Phi) is 4.79. The van der Waals surface area contributed by atoms with Crippen molar-refractivity contribution in [1.29, 1.82) is 0 Å². The van der Waals surface area contributed by atoms with Crippen LogP contribution in [0.4, 0.5) is 13.2 Å². The van der Waals surface area contributed by atoms with Gasteiger partial charge in [0.15, 0.2) is 0 Å². The van der Waals surface area contributed by atoms with E-state index in [0.29, 0.717) is 10.1 Å². The van der Waals surface area contributed by atoms with Crippen LogP contribution in [0.1, 0.15) is 43.2 Å². The second kappa shape index (κ2) is 6.18. The number of alkyl halides is 3. The van der Waals surface area contributed by atoms with E-state index in [1.165, 1.54) is 43.2 Å². The van der Waals surface area contributed by atoms with Crippen LogP contribution < -0.4 is 0 Å². The summed E-state index contributed by atoms with van der Waals surface area (Å²) in [4.78, 5) is 0.649. The van der Waals surface area contributed by atoms with Gasteiger partial charge in [0.25, 0.3) is 0 Å². The van der Waals surface area contributed by atoms with Crippen LogP contribution >= 0.6 is 11.8 Å². The molecule has 5 heteroatoms. The van der Waals surface area contributed by atoms with E-state index in [9.17, 15) is 13.2 Å². The fraction of sp³-hybridized carbons (Fsp3) is 0.571. The SMILES string of the molecule is OCc1ccc(SC2CCCCC2)cc1C(F)(F)F. The van der Waals surface area contributed by atoms with E-state index in [1.807, 2.05) is 0 Å². The molecule has 0 bridgehead atoms. The first kappa shape index (κ1) is 14.7. The lowest BCUT2D eigenvalue weighted by molar-refractivity contribution is -0.138. The van der Waals surface area contributed by atoms with E-state index in [1.54, 1.807) is 6.07 Å². The van der Waals surface area contributed by atoms with E-state index < -0.39 is 18.3 Å². The van der Waals surface area contributed by atoms with Gasteiger partial charge in [0.05, 0.1) is 12.2 Å². The maximum absolute atomic E-state index is 12.9. The fourth-order valence-electron chi connectivity index (χ4n) is 2.41. The monoisotopic (exact) mass is 290 g/mol. The Bertz CT molecular complexity index is 425. The second-order valence-electron chi connectivity index (χ2n) is 4.85. The lowest BCUT2D eigenvalue weighted by Gasteiger charge is -2.21. The summed E-state index contributed by atoms with van der Waals surface area (Å²) < 4.78 is 38.6. The van der Waals surface area contributed by atoms with Gasteiger partial charge < -0.3 is 5.11 Å². The van der Waals surface area contributed by atoms with Crippen molar-refractivity contribution in [3.8, 4) is 0 Å². The molecule has 0 aromatic heterocycles. The molecule has 1 saturated carbocycles. The van der Waals surface area contributed by atoms with Crippen LogP contribution in [0.3, 0.4) is 0 Å². The van der Waals surface area contributed by atoms with Gasteiger partial charge in [-0.3, -0.25) is 0 Å². The minimum absolute atomic E-state index is 0.0551. The first-order valence-corrected chi connectivity index (χ1v) is 7.36. The Morgan fingerprint density at radius 3 is 2.42 bits per heavy atom. The van der Waals surface area contributed by atoms with Gasteiger partial charge in [-0.2, -0.15) is 13.2 Å². The molecule has 0 spiro atoms. The van der Waals surface area contributed by atoms with Gasteiger partial charge in [0.2, 0.25) is 0 Å². The molecule has 1 fully saturated rings. The smallest absolute Gasteiger partial charge is 0.392 e. The van der Waals surface area contributed by atoms with Crippen LogP contribution in [0.5, 0.6) is 0 Å². The molecule has 0 amide bonds. The number of halogens is 3. The van der Waals surface area contributed by atoms with Gasteiger partial charge in [0, 0.05) is 10.1 Å². The first-order valence-electron chi connectivity index (χ1n) is 6.48. The Labute approximate surface area is 115 Å². The number of aliphatic hydroxyl groups is 1. The maximum atomic E-state index is 12.9. The van der Waals surface area contributed by atoms with Gasteiger partial charge in [-0.25, -0.2) is 0 Å². The Morgan fingerprint density at radius 1 is 1.16 bits per heavy atom. The van der Waals surface area contributed by atoms with Crippen molar-refractivity contribution in [1.82, 2.24) is 0 Å². The zero-order valence-electron chi connectivity index (χ0n) is 10.5. The van der Waals surface area contributed by atoms with Gasteiger partial charge in [-0.05, 0) is 30.5 Å². The van der Waals surface area contributed by atoms with E-state index >= 15 is 0 Å². The molecule has 1 aromatic carbocycles. The molecule has 1 aromatic rings. The largest absolute Gasteiger partial charge is 0.416 e. The van der Waals surface area contributed by atoms with Crippen molar-refractivity contribution in [3.63, 3.8) is 0 Å². The summed E-state index contributed by atoms with van der Waals surface area (Å²) >= 11 is 1.53. The molecule has 106 valence electrons. The number of benzene rings is 1. The molecule has 1 aliphatic rings. The molecule has 19 heavy (non-hydrogen) atoms. The lowest BCUT2D eigenvalue weighted by atomic mass is 10.0. The molecular formula is C14H17F3OS. The molecule has 0 heterocycles. The van der Waals surface area contributed by atoms with E-state index in [-0.39, 0.29) is 5.56 Å². The number of rotatable bonds is 3. The molecule has 1 aliphatic carbocycles. The lowest BCUT2D eigenvalue weighted by Crippen LogP contribution is -2.11. The highest BCUT2D eigenvalue weighted by molar-refractivity contribution is 8.00. The minimum atomic E-state index is -4.40. The third-order valence-electron chi connectivity index (χ3n) is 3.41. The predicted molar refractivity (Wildman–Crippen MR) is 70.1 cm³/mol. The molecular weight excluding hydrogens is 273 g/mol. The van der Waals surface area contributed by atoms with E-state index in [0.717, 1.165) is 12.8 Å². The van der Waals surface area contributed by atoms with Crippen molar-refractivity contribution < 1.29 is 18.3 Å². The second-order valence-corrected chi connectivity index (χ2v) is 6.23. The van der Waals surface area contributed by atoms with Crippen molar-refractivity contribution in [3.05, 3.63) is 29.3 Å². The molecule has 0 unspecified atom stereocenters. The summed E-state index contributed by atoms with van der Waals surface area (Å²) in [6.45, 7) is -0.580. The van der Waals surface area contributed by atoms with Crippen molar-refractivity contribution >= 4 is 11.8 Å². The molecule has 1 N–H and O–H groups in total. The molecule has 0 radical (unpaired) electrons. The van der Waals surface area contributed by atoms with Crippen molar-refractivity contribution in [2.45, 2.75) is 55.0 Å². The first-order chi connectivity index (χ1) is 9.00. The quantitative estimate of drug-likeness (QED) is 0.876. The summed E-state index contributed by atoms with van der Waals surface area (Å²) in [5, 5.41) is 9.41. The molecule has 1 nitrogen and oxygen atoms in total. The van der Waals surface area contributed by atoms with E-state index in [4.69, 9.17) is 5.11 Å². The molecule has 2 rings (SSSR count). The summed E-state index contributed by atoms with van der Waals surface area (Å²) in [7, 11) is 0. The third kappa shape index (κ3) is 3.89. The average Bonchev–Trinajstić information content (AvgIpc) is 2.39. The zero-order valence-corrected chi connectivity index (χ0v) is 11.4. The van der Waals surface area contributed by atoms with Gasteiger partial charge in [-0.1, -0.05) is 25.3 Å². The Hall–Kier alpha value is -0.680. The van der Waals surface area contributed by atoms with Crippen molar-refractivity contribution in [2.75, 3.05) is 0 Å².